The van der Waals surface area contributed by atoms with Gasteiger partial charge in [-0.2, -0.15) is 0 Å². The Hall–Kier alpha value is -1.24. The molecular weight excluding hydrogens is 290 g/mol. The highest BCUT2D eigenvalue weighted by molar-refractivity contribution is 5.85. The molecule has 0 radical (unpaired) electrons. The van der Waals surface area contributed by atoms with E-state index >= 15 is 0 Å². The summed E-state index contributed by atoms with van der Waals surface area (Å²) < 4.78 is 31.1. The smallest absolute Gasteiger partial charge is 0.234 e. The lowest BCUT2D eigenvalue weighted by molar-refractivity contribution is -0.120. The maximum Gasteiger partial charge on any atom is 0.234 e. The predicted molar refractivity (Wildman–Crippen MR) is 74.9 cm³/mol. The summed E-state index contributed by atoms with van der Waals surface area (Å²) in [5.74, 6) is -1.56. The first kappa shape index (κ1) is 18.8. The van der Waals surface area contributed by atoms with Gasteiger partial charge in [0.2, 0.25) is 5.91 Å². The number of hydrogen-bond donors (Lipinski definition) is 2. The van der Waals surface area contributed by atoms with E-state index in [-0.39, 0.29) is 30.4 Å². The molecule has 2 N–H and O–H groups in total. The van der Waals surface area contributed by atoms with Crippen LogP contribution in [0.5, 0.6) is 0 Å². The topological polar surface area (TPSA) is 50.4 Å². The van der Waals surface area contributed by atoms with Gasteiger partial charge in [0.1, 0.15) is 11.6 Å². The van der Waals surface area contributed by atoms with Gasteiger partial charge in [-0.05, 0) is 13.0 Å². The van der Waals surface area contributed by atoms with Gasteiger partial charge >= 0.3 is 0 Å². The number of amides is 1. The fourth-order valence-corrected chi connectivity index (χ4v) is 1.60. The van der Waals surface area contributed by atoms with Gasteiger partial charge in [-0.1, -0.05) is 6.07 Å². The van der Waals surface area contributed by atoms with Crippen LogP contribution in [0.1, 0.15) is 18.5 Å². The minimum atomic E-state index is -0.667. The van der Waals surface area contributed by atoms with Crippen LogP contribution in [-0.2, 0) is 9.53 Å². The first-order valence-corrected chi connectivity index (χ1v) is 5.98. The van der Waals surface area contributed by atoms with E-state index in [0.29, 0.717) is 13.2 Å². The molecule has 0 aliphatic heterocycles. The summed E-state index contributed by atoms with van der Waals surface area (Å²) in [6.45, 7) is 2.83. The van der Waals surface area contributed by atoms with E-state index in [1.165, 1.54) is 6.07 Å². The van der Waals surface area contributed by atoms with Crippen molar-refractivity contribution in [1.29, 1.82) is 0 Å². The van der Waals surface area contributed by atoms with E-state index < -0.39 is 17.7 Å². The Morgan fingerprint density at radius 2 is 2.10 bits per heavy atom. The van der Waals surface area contributed by atoms with E-state index in [0.717, 1.165) is 12.1 Å². The first-order chi connectivity index (χ1) is 9.04. The molecule has 1 unspecified atom stereocenters. The van der Waals surface area contributed by atoms with Crippen LogP contribution in [0.25, 0.3) is 0 Å². The molecule has 0 saturated carbocycles. The molecule has 0 bridgehead atoms. The first-order valence-electron chi connectivity index (χ1n) is 5.98. The summed E-state index contributed by atoms with van der Waals surface area (Å²) in [4.78, 5) is 11.6. The number of hydrogen-bond acceptors (Lipinski definition) is 3. The zero-order valence-corrected chi connectivity index (χ0v) is 12.2. The number of halogens is 3. The Morgan fingerprint density at radius 3 is 2.70 bits per heavy atom. The molecule has 0 heterocycles. The van der Waals surface area contributed by atoms with E-state index in [2.05, 4.69) is 10.6 Å². The quantitative estimate of drug-likeness (QED) is 0.755. The Balaban J connectivity index is 0.00000361. The zero-order chi connectivity index (χ0) is 14.3. The van der Waals surface area contributed by atoms with Gasteiger partial charge < -0.3 is 15.4 Å². The lowest BCUT2D eigenvalue weighted by Crippen LogP contribution is -2.36. The molecular formula is C13H19ClF2N2O2. The lowest BCUT2D eigenvalue weighted by atomic mass is 10.1. The second kappa shape index (κ2) is 9.63. The van der Waals surface area contributed by atoms with E-state index in [1.807, 2.05) is 0 Å². The van der Waals surface area contributed by atoms with Crippen LogP contribution in [-0.4, -0.2) is 32.7 Å². The number of rotatable bonds is 7. The number of carbonyl (C=O) groups excluding carboxylic acids is 1. The maximum atomic E-state index is 13.5. The van der Waals surface area contributed by atoms with Crippen LogP contribution in [0.2, 0.25) is 0 Å². The number of carbonyl (C=O) groups is 1. The van der Waals surface area contributed by atoms with Crippen LogP contribution in [0, 0.1) is 11.6 Å². The summed E-state index contributed by atoms with van der Waals surface area (Å²) in [7, 11) is 1.57. The summed E-state index contributed by atoms with van der Waals surface area (Å²) in [6.07, 6.45) is 0. The Kier molecular flexibility index (Phi) is 9.03. The maximum absolute atomic E-state index is 13.5. The third-order valence-electron chi connectivity index (χ3n) is 2.58. The molecule has 1 rings (SSSR count). The van der Waals surface area contributed by atoms with Crippen molar-refractivity contribution in [3.63, 3.8) is 0 Å². The third-order valence-corrected chi connectivity index (χ3v) is 2.58. The van der Waals surface area contributed by atoms with Gasteiger partial charge in [-0.25, -0.2) is 8.78 Å². The minimum absolute atomic E-state index is 0. The van der Waals surface area contributed by atoms with Crippen molar-refractivity contribution in [3.05, 3.63) is 35.4 Å². The van der Waals surface area contributed by atoms with Gasteiger partial charge in [-0.15, -0.1) is 12.4 Å². The molecule has 0 aliphatic rings. The van der Waals surface area contributed by atoms with Gasteiger partial charge in [0.05, 0.1) is 19.2 Å². The number of nitrogens with one attached hydrogen (secondary N) is 2. The van der Waals surface area contributed by atoms with Gasteiger partial charge in [0, 0.05) is 25.3 Å². The fraction of sp³-hybridized carbons (Fsp3) is 0.462. The van der Waals surface area contributed by atoms with Crippen LogP contribution >= 0.6 is 12.4 Å². The second-order valence-electron chi connectivity index (χ2n) is 4.12. The molecule has 4 nitrogen and oxygen atoms in total. The Bertz CT molecular complexity index is 433. The predicted octanol–water partition coefficient (Wildman–Crippen LogP) is 1.80. The molecule has 0 fully saturated rings. The van der Waals surface area contributed by atoms with E-state index in [4.69, 9.17) is 4.74 Å². The third kappa shape index (κ3) is 6.27. The standard InChI is InChI=1S/C13H18F2N2O2.ClH/c1-9(11-4-3-10(14)7-12(11)15)17-13(18)8-16-5-6-19-2;/h3-4,7,9,16H,5-6,8H2,1-2H3,(H,17,18);1H. The lowest BCUT2D eigenvalue weighted by Gasteiger charge is -2.15. The number of methoxy groups -OCH3 is 1. The largest absolute Gasteiger partial charge is 0.383 e. The summed E-state index contributed by atoms with van der Waals surface area (Å²) in [5.41, 5.74) is 0.256. The molecule has 1 atom stereocenters. The van der Waals surface area contributed by atoms with Crippen molar-refractivity contribution in [3.8, 4) is 0 Å². The molecule has 0 aliphatic carbocycles. The fourth-order valence-electron chi connectivity index (χ4n) is 1.60. The van der Waals surface area contributed by atoms with Crippen molar-refractivity contribution in [1.82, 2.24) is 10.6 Å². The van der Waals surface area contributed by atoms with Crippen molar-refractivity contribution in [2.75, 3.05) is 26.8 Å². The van der Waals surface area contributed by atoms with Gasteiger partial charge in [0.15, 0.2) is 0 Å². The second-order valence-corrected chi connectivity index (χ2v) is 4.12. The summed E-state index contributed by atoms with van der Waals surface area (Å²) in [5, 5.41) is 5.50. The molecule has 20 heavy (non-hydrogen) atoms. The van der Waals surface area contributed by atoms with Gasteiger partial charge in [-0.3, -0.25) is 4.79 Å². The average Bonchev–Trinajstić information content (AvgIpc) is 2.34. The molecule has 7 heteroatoms. The van der Waals surface area contributed by atoms with Crippen molar-refractivity contribution >= 4 is 18.3 Å². The number of ether oxygens (including phenoxy) is 1. The molecule has 1 aromatic rings. The molecule has 1 amide bonds. The minimum Gasteiger partial charge on any atom is -0.383 e. The van der Waals surface area contributed by atoms with Crippen LogP contribution < -0.4 is 10.6 Å². The SMILES string of the molecule is COCCNCC(=O)NC(C)c1ccc(F)cc1F.Cl. The Labute approximate surface area is 123 Å². The van der Waals surface area contributed by atoms with E-state index in [9.17, 15) is 13.6 Å². The zero-order valence-electron chi connectivity index (χ0n) is 11.4. The molecule has 0 spiro atoms. The van der Waals surface area contributed by atoms with E-state index in [1.54, 1.807) is 14.0 Å². The van der Waals surface area contributed by atoms with Crippen LogP contribution in [0.15, 0.2) is 18.2 Å². The molecule has 114 valence electrons. The number of benzene rings is 1. The van der Waals surface area contributed by atoms with Crippen LogP contribution in [0.3, 0.4) is 0 Å². The van der Waals surface area contributed by atoms with Crippen molar-refractivity contribution in [2.45, 2.75) is 13.0 Å². The monoisotopic (exact) mass is 308 g/mol. The van der Waals surface area contributed by atoms with Crippen molar-refractivity contribution < 1.29 is 18.3 Å². The Morgan fingerprint density at radius 1 is 1.40 bits per heavy atom. The summed E-state index contributed by atoms with van der Waals surface area (Å²) >= 11 is 0. The molecule has 1 aromatic carbocycles. The highest BCUT2D eigenvalue weighted by atomic mass is 35.5. The molecule has 0 saturated heterocycles. The normalized spacial score (nSPS) is 11.6. The highest BCUT2D eigenvalue weighted by Crippen LogP contribution is 2.17. The summed E-state index contributed by atoms with van der Waals surface area (Å²) in [6, 6.07) is 2.78. The average molecular weight is 309 g/mol. The van der Waals surface area contributed by atoms with Gasteiger partial charge in [0.25, 0.3) is 0 Å². The molecule has 0 aromatic heterocycles. The highest BCUT2D eigenvalue weighted by Gasteiger charge is 2.13. The van der Waals surface area contributed by atoms with Crippen LogP contribution in [0.4, 0.5) is 8.78 Å². The van der Waals surface area contributed by atoms with Crippen molar-refractivity contribution in [2.24, 2.45) is 0 Å².